The van der Waals surface area contributed by atoms with Crippen LogP contribution in [0.4, 0.5) is 11.4 Å². The van der Waals surface area contributed by atoms with Gasteiger partial charge in [0, 0.05) is 24.5 Å². The van der Waals surface area contributed by atoms with Crippen LogP contribution in [0.15, 0.2) is 24.3 Å². The van der Waals surface area contributed by atoms with Gasteiger partial charge in [-0.25, -0.2) is 8.42 Å². The van der Waals surface area contributed by atoms with E-state index in [-0.39, 0.29) is 6.54 Å². The first-order valence-corrected chi connectivity index (χ1v) is 9.14. The fraction of sp³-hybridized carbons (Fsp3) is 0.467. The van der Waals surface area contributed by atoms with E-state index in [0.29, 0.717) is 5.69 Å². The molecule has 0 radical (unpaired) electrons. The van der Waals surface area contributed by atoms with Crippen molar-refractivity contribution in [3.63, 3.8) is 0 Å². The molecule has 0 atom stereocenters. The first kappa shape index (κ1) is 17.1. The molecule has 1 amide bonds. The predicted octanol–water partition coefficient (Wildman–Crippen LogP) is 1.06. The van der Waals surface area contributed by atoms with Crippen molar-refractivity contribution in [3.8, 4) is 6.07 Å². The van der Waals surface area contributed by atoms with Crippen LogP contribution in [0, 0.1) is 11.3 Å². The molecule has 124 valence electrons. The molecule has 1 aromatic rings. The number of anilines is 2. The number of hydrogen-bond donors (Lipinski definition) is 2. The van der Waals surface area contributed by atoms with Crippen molar-refractivity contribution in [1.82, 2.24) is 5.32 Å². The Morgan fingerprint density at radius 2 is 1.83 bits per heavy atom. The summed E-state index contributed by atoms with van der Waals surface area (Å²) in [5.74, 6) is -1.41. The maximum absolute atomic E-state index is 11.9. The van der Waals surface area contributed by atoms with Crippen molar-refractivity contribution in [3.05, 3.63) is 24.3 Å². The van der Waals surface area contributed by atoms with Crippen LogP contribution in [0.1, 0.15) is 19.3 Å². The Morgan fingerprint density at radius 3 is 2.43 bits per heavy atom. The Morgan fingerprint density at radius 1 is 1.17 bits per heavy atom. The highest BCUT2D eigenvalue weighted by atomic mass is 32.2. The number of rotatable bonds is 6. The summed E-state index contributed by atoms with van der Waals surface area (Å²) in [5, 5.41) is 10.5. The van der Waals surface area contributed by atoms with Crippen LogP contribution in [0.25, 0.3) is 0 Å². The minimum Gasteiger partial charge on any atom is -0.372 e. The highest BCUT2D eigenvalue weighted by Crippen LogP contribution is 2.22. The number of hydrogen-bond acceptors (Lipinski definition) is 5. The minimum absolute atomic E-state index is 0.209. The van der Waals surface area contributed by atoms with Gasteiger partial charge in [0.1, 0.15) is 12.3 Å². The molecule has 1 saturated heterocycles. The van der Waals surface area contributed by atoms with Crippen molar-refractivity contribution in [2.45, 2.75) is 19.3 Å². The molecule has 8 heteroatoms. The fourth-order valence-corrected chi connectivity index (χ4v) is 3.48. The Labute approximate surface area is 136 Å². The van der Waals surface area contributed by atoms with Crippen molar-refractivity contribution < 1.29 is 13.2 Å². The number of piperidine rings is 1. The van der Waals surface area contributed by atoms with Crippen molar-refractivity contribution in [1.29, 1.82) is 5.26 Å². The molecule has 2 rings (SSSR count). The molecule has 1 heterocycles. The zero-order valence-electron chi connectivity index (χ0n) is 12.8. The Hall–Kier alpha value is -2.27. The molecule has 0 aliphatic carbocycles. The van der Waals surface area contributed by atoms with Crippen LogP contribution in [0.5, 0.6) is 0 Å². The Balaban J connectivity index is 1.94. The lowest BCUT2D eigenvalue weighted by Crippen LogP contribution is -2.33. The van der Waals surface area contributed by atoms with Crippen molar-refractivity contribution in [2.75, 3.05) is 35.0 Å². The second-order valence-corrected chi connectivity index (χ2v) is 7.11. The number of nitrogens with one attached hydrogen (secondary N) is 2. The SMILES string of the molecule is N#CCNC(=O)CS(=O)(=O)Nc1ccc(N2CCCCC2)cc1. The van der Waals surface area contributed by atoms with Gasteiger partial charge in [-0.1, -0.05) is 0 Å². The van der Waals surface area contributed by atoms with Gasteiger partial charge in [-0.05, 0) is 43.5 Å². The average Bonchev–Trinajstić information content (AvgIpc) is 2.53. The van der Waals surface area contributed by atoms with Crippen molar-refractivity contribution in [2.24, 2.45) is 0 Å². The highest BCUT2D eigenvalue weighted by molar-refractivity contribution is 7.93. The lowest BCUT2D eigenvalue weighted by Gasteiger charge is -2.28. The lowest BCUT2D eigenvalue weighted by atomic mass is 10.1. The number of carbonyl (C=O) groups is 1. The van der Waals surface area contributed by atoms with E-state index < -0.39 is 21.7 Å². The highest BCUT2D eigenvalue weighted by Gasteiger charge is 2.16. The van der Waals surface area contributed by atoms with Crippen LogP contribution in [-0.2, 0) is 14.8 Å². The van der Waals surface area contributed by atoms with E-state index in [9.17, 15) is 13.2 Å². The smallest absolute Gasteiger partial charge is 0.241 e. The fourth-order valence-electron chi connectivity index (χ4n) is 2.47. The van der Waals surface area contributed by atoms with Crippen LogP contribution >= 0.6 is 0 Å². The van der Waals surface area contributed by atoms with Crippen LogP contribution in [0.3, 0.4) is 0 Å². The summed E-state index contributed by atoms with van der Waals surface area (Å²) in [5.41, 5.74) is 1.48. The van der Waals surface area contributed by atoms with Gasteiger partial charge in [0.2, 0.25) is 15.9 Å². The van der Waals surface area contributed by atoms with Gasteiger partial charge in [0.15, 0.2) is 0 Å². The van der Waals surface area contributed by atoms with E-state index in [1.807, 2.05) is 12.1 Å². The maximum Gasteiger partial charge on any atom is 0.241 e. The van der Waals surface area contributed by atoms with Gasteiger partial charge >= 0.3 is 0 Å². The first-order valence-electron chi connectivity index (χ1n) is 7.49. The molecule has 23 heavy (non-hydrogen) atoms. The van der Waals surface area contributed by atoms with E-state index in [4.69, 9.17) is 5.26 Å². The van der Waals surface area contributed by atoms with E-state index in [1.54, 1.807) is 18.2 Å². The number of nitrogens with zero attached hydrogens (tertiary/aromatic N) is 2. The third-order valence-corrected chi connectivity index (χ3v) is 4.74. The Bertz CT molecular complexity index is 674. The molecule has 1 aromatic carbocycles. The molecule has 0 unspecified atom stereocenters. The molecule has 2 N–H and O–H groups in total. The van der Waals surface area contributed by atoms with Gasteiger partial charge in [-0.2, -0.15) is 5.26 Å². The predicted molar refractivity (Wildman–Crippen MR) is 88.5 cm³/mol. The number of amides is 1. The molecule has 0 aromatic heterocycles. The second-order valence-electron chi connectivity index (χ2n) is 5.39. The molecule has 0 bridgehead atoms. The lowest BCUT2D eigenvalue weighted by molar-refractivity contribution is -0.118. The summed E-state index contributed by atoms with van der Waals surface area (Å²) < 4.78 is 26.2. The largest absolute Gasteiger partial charge is 0.372 e. The quantitative estimate of drug-likeness (QED) is 0.756. The van der Waals surface area contributed by atoms with Crippen LogP contribution in [0.2, 0.25) is 0 Å². The summed E-state index contributed by atoms with van der Waals surface area (Å²) in [6.45, 7) is 1.83. The molecule has 1 aliphatic heterocycles. The third-order valence-electron chi connectivity index (χ3n) is 3.55. The maximum atomic E-state index is 11.9. The Kier molecular flexibility index (Phi) is 5.82. The van der Waals surface area contributed by atoms with Gasteiger partial charge in [0.25, 0.3) is 0 Å². The number of carbonyl (C=O) groups excluding carboxylic acids is 1. The molecule has 0 spiro atoms. The molecular weight excluding hydrogens is 316 g/mol. The van der Waals surface area contributed by atoms with Crippen molar-refractivity contribution >= 4 is 27.3 Å². The van der Waals surface area contributed by atoms with E-state index >= 15 is 0 Å². The summed E-state index contributed by atoms with van der Waals surface area (Å²) in [4.78, 5) is 13.7. The standard InChI is InChI=1S/C15H20N4O3S/c16-8-9-17-15(20)12-23(21,22)18-13-4-6-14(7-5-13)19-10-2-1-3-11-19/h4-7,18H,1-3,9-12H2,(H,17,20). The van der Waals surface area contributed by atoms with Crippen LogP contribution in [-0.4, -0.2) is 39.7 Å². The molecule has 1 aliphatic rings. The summed E-state index contributed by atoms with van der Waals surface area (Å²) in [7, 11) is -3.79. The first-order chi connectivity index (χ1) is 11.0. The summed E-state index contributed by atoms with van der Waals surface area (Å²) in [6.07, 6.45) is 3.60. The zero-order valence-corrected chi connectivity index (χ0v) is 13.6. The molecule has 7 nitrogen and oxygen atoms in total. The van der Waals surface area contributed by atoms with E-state index in [0.717, 1.165) is 18.8 Å². The van der Waals surface area contributed by atoms with E-state index in [2.05, 4.69) is 14.9 Å². The number of benzene rings is 1. The summed E-state index contributed by atoms with van der Waals surface area (Å²) >= 11 is 0. The number of nitriles is 1. The molecular formula is C15H20N4O3S. The topological polar surface area (TPSA) is 102 Å². The van der Waals surface area contributed by atoms with E-state index in [1.165, 1.54) is 19.3 Å². The normalized spacial score (nSPS) is 14.8. The number of sulfonamides is 1. The van der Waals surface area contributed by atoms with Crippen LogP contribution < -0.4 is 14.9 Å². The minimum atomic E-state index is -3.79. The molecule has 0 saturated carbocycles. The van der Waals surface area contributed by atoms with Gasteiger partial charge in [0.05, 0.1) is 6.07 Å². The average molecular weight is 336 g/mol. The van der Waals surface area contributed by atoms with Gasteiger partial charge < -0.3 is 10.2 Å². The monoisotopic (exact) mass is 336 g/mol. The molecule has 1 fully saturated rings. The summed E-state index contributed by atoms with van der Waals surface area (Å²) in [6, 6.07) is 8.85. The zero-order chi connectivity index (χ0) is 16.7. The van der Waals surface area contributed by atoms with Gasteiger partial charge in [-0.15, -0.1) is 0 Å². The van der Waals surface area contributed by atoms with Gasteiger partial charge in [-0.3, -0.25) is 9.52 Å². The third kappa shape index (κ3) is 5.45. The second kappa shape index (κ2) is 7.83.